The molecule has 0 atom stereocenters. The molecule has 0 unspecified atom stereocenters. The van der Waals surface area contributed by atoms with E-state index in [4.69, 9.17) is 9.47 Å². The van der Waals surface area contributed by atoms with Crippen LogP contribution in [0.4, 0.5) is 0 Å². The first-order valence-corrected chi connectivity index (χ1v) is 27.1. The van der Waals surface area contributed by atoms with Gasteiger partial charge in [0, 0.05) is 11.1 Å². The molecule has 6 aromatic carbocycles. The first-order chi connectivity index (χ1) is 31.4. The summed E-state index contributed by atoms with van der Waals surface area (Å²) in [5, 5.41) is 0. The molecule has 0 aromatic heterocycles. The van der Waals surface area contributed by atoms with Crippen LogP contribution in [-0.4, -0.2) is 40.0 Å². The van der Waals surface area contributed by atoms with Crippen molar-refractivity contribution in [2.75, 3.05) is 0 Å². The molecule has 6 rings (SSSR count). The number of ether oxygens (including phenoxy) is 2. The minimum Gasteiger partial charge on any atom is -0.488 e. The van der Waals surface area contributed by atoms with Crippen LogP contribution in [0.25, 0.3) is 22.3 Å². The largest absolute Gasteiger partial charge is 0.488 e. The fourth-order valence-electron chi connectivity index (χ4n) is 7.08. The second-order valence-corrected chi connectivity index (χ2v) is 24.7. The Labute approximate surface area is 405 Å². The molecule has 0 saturated carbocycles. The summed E-state index contributed by atoms with van der Waals surface area (Å²) >= 11 is 0. The summed E-state index contributed by atoms with van der Waals surface area (Å²) in [4.78, 5) is -0.273. The van der Waals surface area contributed by atoms with Crippen LogP contribution in [0.3, 0.4) is 0 Å². The Balaban J connectivity index is 0.000000262. The molecule has 68 heavy (non-hydrogen) atoms. The molecule has 0 aliphatic rings. The molecule has 10 nitrogen and oxygen atoms in total. The molecule has 0 spiro atoms. The molecule has 0 fully saturated rings. The van der Waals surface area contributed by atoms with Crippen LogP contribution < -0.4 is 9.47 Å². The van der Waals surface area contributed by atoms with E-state index in [1.807, 2.05) is 102 Å². The quantitative estimate of drug-likeness (QED) is 0.0948. The standard InChI is InChI=1S/C33H36O4S.C22H30O6S2/c1-7-33(5,6)37-29-16-10-25(11-17-29)24-8-14-27(15-9-24)36-28-18-22-31(23-19-28)38(34,35)30-20-12-26(13-21-30)32(2,3)4;1-7-21(3,4)15-9-11-17(19(13-15)29(23,24)25)18-12-10-16(22(5,6)8-2)14-20(18)30(26,27)28/h8-23H,7H2,1-6H3;9-14H,7-8H2,1-6H3,(H,23,24,25)(H,26,27,28). The SMILES string of the molecule is CCC(C)(C)Oc1ccc(-c2ccc(Oc3ccc(S(=O)(=O)c4ccc(C(C)(C)C)cc4)cc3)cc2)cc1.CCC(C)(C)c1ccc(-c2ccc(C(C)(C)CC)cc2S(=O)(=O)O)c(S(=O)(=O)O)c1. The van der Waals surface area contributed by atoms with Gasteiger partial charge in [0.25, 0.3) is 20.2 Å². The third-order valence-electron chi connectivity index (χ3n) is 12.8. The summed E-state index contributed by atoms with van der Waals surface area (Å²) < 4.78 is 107. The summed E-state index contributed by atoms with van der Waals surface area (Å²) in [6.07, 6.45) is 2.39. The van der Waals surface area contributed by atoms with Gasteiger partial charge in [-0.3, -0.25) is 9.11 Å². The van der Waals surface area contributed by atoms with Crippen LogP contribution in [0.2, 0.25) is 0 Å². The van der Waals surface area contributed by atoms with Crippen LogP contribution >= 0.6 is 0 Å². The van der Waals surface area contributed by atoms with Crippen molar-refractivity contribution in [2.45, 2.75) is 144 Å². The summed E-state index contributed by atoms with van der Waals surface area (Å²) in [7, 11) is -12.9. The lowest BCUT2D eigenvalue weighted by Gasteiger charge is -2.26. The van der Waals surface area contributed by atoms with Gasteiger partial charge in [-0.25, -0.2) is 8.42 Å². The average molecular weight is 983 g/mol. The maximum atomic E-state index is 13.1. The van der Waals surface area contributed by atoms with E-state index in [0.717, 1.165) is 41.7 Å². The fourth-order valence-corrected chi connectivity index (χ4v) is 9.81. The zero-order valence-corrected chi connectivity index (χ0v) is 43.7. The van der Waals surface area contributed by atoms with Crippen LogP contribution in [0.15, 0.2) is 153 Å². The van der Waals surface area contributed by atoms with E-state index in [9.17, 15) is 34.4 Å². The highest BCUT2D eigenvalue weighted by atomic mass is 32.2. The summed E-state index contributed by atoms with van der Waals surface area (Å²) in [5.74, 6) is 2.10. The summed E-state index contributed by atoms with van der Waals surface area (Å²) in [6, 6.07) is 38.6. The molecule has 364 valence electrons. The van der Waals surface area contributed by atoms with Gasteiger partial charge in [0.2, 0.25) is 9.84 Å². The lowest BCUT2D eigenvalue weighted by molar-refractivity contribution is 0.105. The van der Waals surface area contributed by atoms with Gasteiger partial charge in [0.15, 0.2) is 0 Å². The van der Waals surface area contributed by atoms with Gasteiger partial charge in [-0.2, -0.15) is 16.8 Å². The Hall–Kier alpha value is -5.31. The molecule has 0 heterocycles. The third kappa shape index (κ3) is 13.1. The summed E-state index contributed by atoms with van der Waals surface area (Å²) in [5.41, 5.74) is 3.73. The van der Waals surface area contributed by atoms with Crippen molar-refractivity contribution in [3.05, 3.63) is 150 Å². The molecule has 13 heteroatoms. The van der Waals surface area contributed by atoms with Crippen molar-refractivity contribution in [3.63, 3.8) is 0 Å². The minimum atomic E-state index is -4.65. The van der Waals surface area contributed by atoms with Crippen molar-refractivity contribution < 1.29 is 43.8 Å². The fraction of sp³-hybridized carbons (Fsp3) is 0.345. The number of sulfone groups is 1. The molecule has 0 radical (unpaired) electrons. The van der Waals surface area contributed by atoms with E-state index in [-0.39, 0.29) is 42.8 Å². The van der Waals surface area contributed by atoms with Gasteiger partial charge in [0.05, 0.1) is 9.79 Å². The maximum absolute atomic E-state index is 13.1. The first-order valence-electron chi connectivity index (χ1n) is 22.7. The Morgan fingerprint density at radius 3 is 1.10 bits per heavy atom. The highest BCUT2D eigenvalue weighted by Crippen LogP contribution is 2.39. The number of rotatable bonds is 15. The monoisotopic (exact) mass is 982 g/mol. The topological polar surface area (TPSA) is 161 Å². The van der Waals surface area contributed by atoms with E-state index >= 15 is 0 Å². The predicted molar refractivity (Wildman–Crippen MR) is 272 cm³/mol. The normalized spacial score (nSPS) is 12.8. The van der Waals surface area contributed by atoms with Crippen LogP contribution in [0.1, 0.15) is 119 Å². The van der Waals surface area contributed by atoms with Crippen molar-refractivity contribution in [1.82, 2.24) is 0 Å². The van der Waals surface area contributed by atoms with Gasteiger partial charge in [-0.15, -0.1) is 0 Å². The van der Waals surface area contributed by atoms with Gasteiger partial charge >= 0.3 is 0 Å². The van der Waals surface area contributed by atoms with Gasteiger partial charge in [-0.1, -0.05) is 130 Å². The highest BCUT2D eigenvalue weighted by molar-refractivity contribution is 7.91. The smallest absolute Gasteiger partial charge is 0.295 e. The summed E-state index contributed by atoms with van der Waals surface area (Å²) in [6.45, 7) is 24.3. The number of benzene rings is 6. The van der Waals surface area contributed by atoms with Gasteiger partial charge in [0.1, 0.15) is 32.6 Å². The van der Waals surface area contributed by atoms with Crippen LogP contribution in [-0.2, 0) is 46.3 Å². The first kappa shape index (κ1) is 53.6. The number of hydrogen-bond acceptors (Lipinski definition) is 8. The lowest BCUT2D eigenvalue weighted by Crippen LogP contribution is -2.26. The van der Waals surface area contributed by atoms with Crippen molar-refractivity contribution in [1.29, 1.82) is 0 Å². The molecular formula is C55H66O10S3. The van der Waals surface area contributed by atoms with Crippen molar-refractivity contribution in [2.24, 2.45) is 0 Å². The van der Waals surface area contributed by atoms with E-state index in [2.05, 4.69) is 41.5 Å². The lowest BCUT2D eigenvalue weighted by atomic mass is 9.81. The van der Waals surface area contributed by atoms with Gasteiger partial charge in [-0.05, 0) is 150 Å². The molecule has 0 amide bonds. The molecule has 0 aliphatic carbocycles. The van der Waals surface area contributed by atoms with Crippen LogP contribution in [0, 0.1) is 0 Å². The zero-order valence-electron chi connectivity index (χ0n) is 41.2. The van der Waals surface area contributed by atoms with Gasteiger partial charge < -0.3 is 9.47 Å². The van der Waals surface area contributed by atoms with E-state index in [1.54, 1.807) is 48.5 Å². The van der Waals surface area contributed by atoms with Crippen LogP contribution in [0.5, 0.6) is 17.2 Å². The second kappa shape index (κ2) is 20.3. The average Bonchev–Trinajstić information content (AvgIpc) is 3.28. The molecule has 2 N–H and O–H groups in total. The maximum Gasteiger partial charge on any atom is 0.295 e. The van der Waals surface area contributed by atoms with Crippen molar-refractivity contribution >= 4 is 30.1 Å². The van der Waals surface area contributed by atoms with Crippen molar-refractivity contribution in [3.8, 4) is 39.5 Å². The number of hydrogen-bond donors (Lipinski definition) is 2. The van der Waals surface area contributed by atoms with E-state index in [0.29, 0.717) is 22.6 Å². The second-order valence-electron chi connectivity index (χ2n) is 20.0. The zero-order chi connectivity index (χ0) is 50.7. The molecule has 0 bridgehead atoms. The Morgan fingerprint density at radius 1 is 0.426 bits per heavy atom. The Kier molecular flexibility index (Phi) is 16.0. The molecule has 0 aliphatic heterocycles. The van der Waals surface area contributed by atoms with E-state index in [1.165, 1.54) is 24.3 Å². The minimum absolute atomic E-state index is 0.0154. The highest BCUT2D eigenvalue weighted by Gasteiger charge is 2.29. The molecule has 6 aromatic rings. The van der Waals surface area contributed by atoms with E-state index < -0.39 is 39.9 Å². The Morgan fingerprint density at radius 2 is 0.765 bits per heavy atom. The molecular weight excluding hydrogens is 917 g/mol. The molecule has 0 saturated heterocycles. The Bertz CT molecular complexity index is 2940. The third-order valence-corrected chi connectivity index (χ3v) is 16.4. The predicted octanol–water partition coefficient (Wildman–Crippen LogP) is 14.1.